The van der Waals surface area contributed by atoms with Gasteiger partial charge in [-0.2, -0.15) is 0 Å². The van der Waals surface area contributed by atoms with Gasteiger partial charge in [-0.3, -0.25) is 4.79 Å². The second-order valence-corrected chi connectivity index (χ2v) is 5.25. The van der Waals surface area contributed by atoms with Crippen LogP contribution in [0.25, 0.3) is 0 Å². The molecule has 0 bridgehead atoms. The number of rotatable bonds is 7. The van der Waals surface area contributed by atoms with Crippen LogP contribution in [0, 0.1) is 5.92 Å². The number of ether oxygens (including phenoxy) is 1. The number of carboxylic acids is 1. The van der Waals surface area contributed by atoms with Crippen molar-refractivity contribution in [1.82, 2.24) is 4.90 Å². The molecule has 4 nitrogen and oxygen atoms in total. The number of hydrogen-bond acceptors (Lipinski definition) is 3. The topological polar surface area (TPSA) is 49.8 Å². The molecule has 1 rings (SSSR count). The van der Waals surface area contributed by atoms with Gasteiger partial charge in [0.05, 0.1) is 12.0 Å². The Kier molecular flexibility index (Phi) is 5.83. The largest absolute Gasteiger partial charge is 0.491 e. The minimum absolute atomic E-state index is 0.171. The lowest BCUT2D eigenvalue weighted by molar-refractivity contribution is -0.141. The molecule has 4 heteroatoms. The van der Waals surface area contributed by atoms with Crippen LogP contribution in [0.15, 0.2) is 24.3 Å². The third kappa shape index (κ3) is 5.75. The zero-order chi connectivity index (χ0) is 14.4. The lowest BCUT2D eigenvalue weighted by Crippen LogP contribution is -2.28. The third-order valence-electron chi connectivity index (χ3n) is 2.75. The predicted octanol–water partition coefficient (Wildman–Crippen LogP) is 2.63. The minimum Gasteiger partial charge on any atom is -0.491 e. The van der Waals surface area contributed by atoms with Crippen molar-refractivity contribution in [3.8, 4) is 5.75 Å². The van der Waals surface area contributed by atoms with Crippen LogP contribution in [0.3, 0.4) is 0 Å². The first-order valence-electron chi connectivity index (χ1n) is 6.55. The van der Waals surface area contributed by atoms with Crippen molar-refractivity contribution in [2.45, 2.75) is 33.4 Å². The molecular weight excluding hydrogens is 242 g/mol. The first-order chi connectivity index (χ1) is 8.88. The number of nitrogens with zero attached hydrogens (tertiary/aromatic N) is 1. The highest BCUT2D eigenvalue weighted by molar-refractivity contribution is 5.69. The van der Waals surface area contributed by atoms with Crippen molar-refractivity contribution in [2.75, 3.05) is 13.6 Å². The maximum atomic E-state index is 10.8. The van der Waals surface area contributed by atoms with Gasteiger partial charge in [0.2, 0.25) is 0 Å². The van der Waals surface area contributed by atoms with E-state index in [0.717, 1.165) is 17.9 Å². The Morgan fingerprint density at radius 3 is 2.32 bits per heavy atom. The highest BCUT2D eigenvalue weighted by Crippen LogP contribution is 2.15. The van der Waals surface area contributed by atoms with Crippen molar-refractivity contribution >= 4 is 5.97 Å². The summed E-state index contributed by atoms with van der Waals surface area (Å²) in [6.07, 6.45) is 0.171. The van der Waals surface area contributed by atoms with Crippen LogP contribution < -0.4 is 4.74 Å². The lowest BCUT2D eigenvalue weighted by atomic mass is 10.1. The number of carbonyl (C=O) groups is 1. The number of carboxylic acid groups (broad SMARTS) is 1. The molecule has 106 valence electrons. The molecule has 0 spiro atoms. The molecule has 0 heterocycles. The fraction of sp³-hybridized carbons (Fsp3) is 0.533. The van der Waals surface area contributed by atoms with E-state index in [1.165, 1.54) is 0 Å². The molecule has 1 unspecified atom stereocenters. The molecule has 0 fully saturated rings. The van der Waals surface area contributed by atoms with Gasteiger partial charge in [0.15, 0.2) is 0 Å². The summed E-state index contributed by atoms with van der Waals surface area (Å²) in [5.41, 5.74) is 1.15. The van der Waals surface area contributed by atoms with E-state index in [9.17, 15) is 4.79 Å². The Morgan fingerprint density at radius 2 is 1.84 bits per heavy atom. The molecule has 1 N–H and O–H groups in total. The fourth-order valence-corrected chi connectivity index (χ4v) is 1.87. The molecule has 0 radical (unpaired) electrons. The van der Waals surface area contributed by atoms with Crippen molar-refractivity contribution in [1.29, 1.82) is 0 Å². The Hall–Kier alpha value is -1.55. The van der Waals surface area contributed by atoms with Crippen LogP contribution in [0.4, 0.5) is 0 Å². The second-order valence-electron chi connectivity index (χ2n) is 5.25. The first-order valence-corrected chi connectivity index (χ1v) is 6.55. The zero-order valence-corrected chi connectivity index (χ0v) is 12.1. The first kappa shape index (κ1) is 15.5. The van der Waals surface area contributed by atoms with Crippen LogP contribution in [-0.4, -0.2) is 35.7 Å². The van der Waals surface area contributed by atoms with E-state index in [4.69, 9.17) is 9.84 Å². The summed E-state index contributed by atoms with van der Waals surface area (Å²) in [5, 5.41) is 8.87. The summed E-state index contributed by atoms with van der Waals surface area (Å²) >= 11 is 0. The summed E-state index contributed by atoms with van der Waals surface area (Å²) in [6, 6.07) is 7.92. The van der Waals surface area contributed by atoms with E-state index in [1.54, 1.807) is 6.92 Å². The Labute approximate surface area is 115 Å². The highest BCUT2D eigenvalue weighted by atomic mass is 16.5. The summed E-state index contributed by atoms with van der Waals surface area (Å²) in [7, 11) is 1.93. The fourth-order valence-electron chi connectivity index (χ4n) is 1.87. The zero-order valence-electron chi connectivity index (χ0n) is 12.1. The summed E-state index contributed by atoms with van der Waals surface area (Å²) in [5.74, 6) is -0.249. The van der Waals surface area contributed by atoms with Crippen LogP contribution in [0.5, 0.6) is 5.75 Å². The monoisotopic (exact) mass is 265 g/mol. The molecule has 0 aromatic heterocycles. The second kappa shape index (κ2) is 7.14. The minimum atomic E-state index is -0.757. The average molecular weight is 265 g/mol. The smallest absolute Gasteiger partial charge is 0.307 e. The van der Waals surface area contributed by atoms with Gasteiger partial charge in [-0.15, -0.1) is 0 Å². The van der Waals surface area contributed by atoms with Crippen molar-refractivity contribution < 1.29 is 14.6 Å². The van der Waals surface area contributed by atoms with Crippen LogP contribution >= 0.6 is 0 Å². The van der Waals surface area contributed by atoms with E-state index in [1.807, 2.05) is 50.1 Å². The Morgan fingerprint density at radius 1 is 1.26 bits per heavy atom. The van der Waals surface area contributed by atoms with Gasteiger partial charge in [-0.1, -0.05) is 19.1 Å². The lowest BCUT2D eigenvalue weighted by Gasteiger charge is -2.19. The van der Waals surface area contributed by atoms with Gasteiger partial charge < -0.3 is 14.7 Å². The summed E-state index contributed by atoms with van der Waals surface area (Å²) in [6.45, 7) is 6.99. The highest BCUT2D eigenvalue weighted by Gasteiger charge is 2.13. The molecule has 19 heavy (non-hydrogen) atoms. The van der Waals surface area contributed by atoms with Gasteiger partial charge in [0.25, 0.3) is 0 Å². The van der Waals surface area contributed by atoms with E-state index in [0.29, 0.717) is 6.54 Å². The molecule has 1 aromatic rings. The molecule has 0 aliphatic carbocycles. The molecule has 0 saturated heterocycles. The third-order valence-corrected chi connectivity index (χ3v) is 2.75. The molecule has 0 amide bonds. The maximum absolute atomic E-state index is 10.8. The molecule has 0 aliphatic heterocycles. The van der Waals surface area contributed by atoms with E-state index in [-0.39, 0.29) is 12.0 Å². The van der Waals surface area contributed by atoms with Gasteiger partial charge in [0.1, 0.15) is 5.75 Å². The number of aliphatic carboxylic acids is 1. The van der Waals surface area contributed by atoms with Crippen LogP contribution in [-0.2, 0) is 11.3 Å². The molecular formula is C15H23NO3. The van der Waals surface area contributed by atoms with Gasteiger partial charge in [-0.25, -0.2) is 0 Å². The Balaban J connectivity index is 2.50. The van der Waals surface area contributed by atoms with E-state index >= 15 is 0 Å². The van der Waals surface area contributed by atoms with Gasteiger partial charge in [0, 0.05) is 13.1 Å². The number of benzene rings is 1. The van der Waals surface area contributed by atoms with Crippen molar-refractivity contribution in [2.24, 2.45) is 5.92 Å². The molecule has 1 atom stereocenters. The van der Waals surface area contributed by atoms with E-state index < -0.39 is 5.97 Å². The van der Waals surface area contributed by atoms with E-state index in [2.05, 4.69) is 0 Å². The summed E-state index contributed by atoms with van der Waals surface area (Å²) in [4.78, 5) is 12.8. The summed E-state index contributed by atoms with van der Waals surface area (Å²) < 4.78 is 5.58. The van der Waals surface area contributed by atoms with Crippen LogP contribution in [0.1, 0.15) is 26.3 Å². The average Bonchev–Trinajstić information content (AvgIpc) is 2.30. The standard InChI is InChI=1S/C15H23NO3/c1-11(2)19-14-7-5-13(6-8-14)10-16(4)9-12(3)15(17)18/h5-8,11-12H,9-10H2,1-4H3,(H,17,18). The quantitative estimate of drug-likeness (QED) is 0.823. The molecule has 0 aliphatic rings. The Bertz CT molecular complexity index is 400. The SMILES string of the molecule is CC(C)Oc1ccc(CN(C)CC(C)C(=O)O)cc1. The van der Waals surface area contributed by atoms with Gasteiger partial charge >= 0.3 is 5.97 Å². The maximum Gasteiger partial charge on any atom is 0.307 e. The normalized spacial score (nSPS) is 12.7. The number of hydrogen-bond donors (Lipinski definition) is 1. The molecule has 1 aromatic carbocycles. The van der Waals surface area contributed by atoms with Gasteiger partial charge in [-0.05, 0) is 38.6 Å². The van der Waals surface area contributed by atoms with Crippen molar-refractivity contribution in [3.63, 3.8) is 0 Å². The predicted molar refractivity (Wildman–Crippen MR) is 75.3 cm³/mol. The van der Waals surface area contributed by atoms with Crippen molar-refractivity contribution in [3.05, 3.63) is 29.8 Å². The molecule has 0 saturated carbocycles. The van der Waals surface area contributed by atoms with Crippen LogP contribution in [0.2, 0.25) is 0 Å².